The lowest BCUT2D eigenvalue weighted by molar-refractivity contribution is -0.118. The fraction of sp³-hybridized carbons (Fsp3) is 0.917. The van der Waals surface area contributed by atoms with Crippen molar-refractivity contribution in [3.05, 3.63) is 0 Å². The second kappa shape index (κ2) is 6.19. The van der Waals surface area contributed by atoms with Crippen LogP contribution in [0.5, 0.6) is 0 Å². The number of sulfonamides is 1. The Hall–Kier alpha value is -0.660. The fourth-order valence-corrected chi connectivity index (χ4v) is 5.30. The Labute approximate surface area is 114 Å². The molecule has 0 aromatic rings. The predicted molar refractivity (Wildman–Crippen MR) is 73.0 cm³/mol. The van der Waals surface area contributed by atoms with Crippen LogP contribution in [-0.2, 0) is 14.8 Å². The van der Waals surface area contributed by atoms with E-state index in [1.165, 1.54) is 4.31 Å². The summed E-state index contributed by atoms with van der Waals surface area (Å²) in [6.45, 7) is 1.41. The Morgan fingerprint density at radius 3 is 2.26 bits per heavy atom. The van der Waals surface area contributed by atoms with Crippen molar-refractivity contribution in [2.24, 2.45) is 5.73 Å². The number of nitrogens with zero attached hydrogens (tertiary/aromatic N) is 1. The molecule has 2 rings (SSSR count). The van der Waals surface area contributed by atoms with Crippen LogP contribution in [0.25, 0.3) is 0 Å². The van der Waals surface area contributed by atoms with Crippen LogP contribution in [0.3, 0.4) is 0 Å². The highest BCUT2D eigenvalue weighted by Gasteiger charge is 2.38. The molecule has 1 heterocycles. The second-order valence-electron chi connectivity index (χ2n) is 5.44. The molecule has 1 aliphatic carbocycles. The van der Waals surface area contributed by atoms with E-state index in [2.05, 4.69) is 5.32 Å². The van der Waals surface area contributed by atoms with Crippen molar-refractivity contribution in [1.82, 2.24) is 9.62 Å². The van der Waals surface area contributed by atoms with Crippen LogP contribution in [0.4, 0.5) is 0 Å². The third kappa shape index (κ3) is 3.46. The summed E-state index contributed by atoms with van der Waals surface area (Å²) in [4.78, 5) is 11.2. The zero-order valence-corrected chi connectivity index (χ0v) is 12.0. The molecule has 0 aromatic heterocycles. The average molecular weight is 289 g/mol. The molecule has 1 saturated heterocycles. The maximum Gasteiger partial charge on any atom is 0.232 e. The second-order valence-corrected chi connectivity index (χ2v) is 7.61. The van der Waals surface area contributed by atoms with E-state index in [0.29, 0.717) is 12.8 Å². The predicted octanol–water partition coefficient (Wildman–Crippen LogP) is -0.202. The first-order chi connectivity index (χ1) is 9.01. The molecule has 0 bridgehead atoms. The molecule has 0 atom stereocenters. The smallest absolute Gasteiger partial charge is 0.232 e. The first-order valence-electron chi connectivity index (χ1n) is 7.01. The lowest BCUT2D eigenvalue weighted by Crippen LogP contribution is -2.51. The normalized spacial score (nSPS) is 23.0. The van der Waals surface area contributed by atoms with E-state index in [-0.39, 0.29) is 17.8 Å². The van der Waals surface area contributed by atoms with E-state index in [0.717, 1.165) is 38.8 Å². The third-order valence-electron chi connectivity index (χ3n) is 4.08. The number of hydrogen-bond donors (Lipinski definition) is 2. The first-order valence-corrected chi connectivity index (χ1v) is 8.52. The van der Waals surface area contributed by atoms with Gasteiger partial charge in [0.1, 0.15) is 0 Å². The Balaban J connectivity index is 2.17. The van der Waals surface area contributed by atoms with Crippen LogP contribution in [0.1, 0.15) is 38.5 Å². The molecule has 1 saturated carbocycles. The number of amides is 1. The fourth-order valence-electron chi connectivity index (χ4n) is 3.05. The molecular weight excluding hydrogens is 266 g/mol. The summed E-state index contributed by atoms with van der Waals surface area (Å²) in [5.41, 5.74) is 5.23. The molecule has 110 valence electrons. The molecule has 19 heavy (non-hydrogen) atoms. The van der Waals surface area contributed by atoms with Crippen molar-refractivity contribution < 1.29 is 13.2 Å². The summed E-state index contributed by atoms with van der Waals surface area (Å²) in [5, 5.41) is 2.89. The number of nitrogens with two attached hydrogens (primary N) is 1. The van der Waals surface area contributed by atoms with Crippen LogP contribution in [0, 0.1) is 0 Å². The van der Waals surface area contributed by atoms with Crippen LogP contribution in [0.15, 0.2) is 0 Å². The maximum absolute atomic E-state index is 12.7. The molecular formula is C12H23N3O3S. The van der Waals surface area contributed by atoms with Crippen molar-refractivity contribution in [2.45, 2.75) is 49.8 Å². The monoisotopic (exact) mass is 289 g/mol. The van der Waals surface area contributed by atoms with Gasteiger partial charge in [-0.05, 0) is 38.8 Å². The lowest BCUT2D eigenvalue weighted by Gasteiger charge is -2.34. The van der Waals surface area contributed by atoms with Gasteiger partial charge in [0, 0.05) is 6.04 Å². The van der Waals surface area contributed by atoms with Gasteiger partial charge >= 0.3 is 0 Å². The number of carbonyl (C=O) groups excluding carboxylic acids is 1. The topological polar surface area (TPSA) is 92.5 Å². The van der Waals surface area contributed by atoms with Crippen LogP contribution >= 0.6 is 0 Å². The van der Waals surface area contributed by atoms with Gasteiger partial charge in [-0.3, -0.25) is 4.79 Å². The molecule has 0 radical (unpaired) electrons. The van der Waals surface area contributed by atoms with Crippen LogP contribution in [0.2, 0.25) is 0 Å². The van der Waals surface area contributed by atoms with Gasteiger partial charge in [-0.25, -0.2) is 8.42 Å². The van der Waals surface area contributed by atoms with Crippen molar-refractivity contribution in [2.75, 3.05) is 19.6 Å². The van der Waals surface area contributed by atoms with Gasteiger partial charge in [0.15, 0.2) is 0 Å². The van der Waals surface area contributed by atoms with Gasteiger partial charge in [-0.1, -0.05) is 12.8 Å². The number of hydrogen-bond acceptors (Lipinski definition) is 4. The minimum atomic E-state index is -3.39. The van der Waals surface area contributed by atoms with Crippen molar-refractivity contribution >= 4 is 15.9 Å². The van der Waals surface area contributed by atoms with Crippen molar-refractivity contribution in [3.8, 4) is 0 Å². The van der Waals surface area contributed by atoms with E-state index in [1.54, 1.807) is 0 Å². The summed E-state index contributed by atoms with van der Waals surface area (Å²) in [5.74, 6) is -0.569. The zero-order valence-electron chi connectivity index (χ0n) is 11.2. The Morgan fingerprint density at radius 1 is 1.16 bits per heavy atom. The molecule has 0 aromatic carbocycles. The number of rotatable bonds is 5. The van der Waals surface area contributed by atoms with Gasteiger partial charge < -0.3 is 11.1 Å². The van der Waals surface area contributed by atoms with Gasteiger partial charge in [0.2, 0.25) is 15.9 Å². The Morgan fingerprint density at radius 2 is 1.74 bits per heavy atom. The van der Waals surface area contributed by atoms with E-state index in [4.69, 9.17) is 5.73 Å². The van der Waals surface area contributed by atoms with Crippen LogP contribution in [-0.4, -0.2) is 49.6 Å². The Bertz CT molecular complexity index is 412. The minimum Gasteiger partial charge on any atom is -0.369 e. The molecule has 1 amide bonds. The van der Waals surface area contributed by atoms with E-state index in [1.807, 2.05) is 0 Å². The largest absolute Gasteiger partial charge is 0.369 e. The number of piperidine rings is 1. The molecule has 6 nitrogen and oxygen atoms in total. The molecule has 2 fully saturated rings. The number of nitrogens with one attached hydrogen (secondary N) is 1. The highest BCUT2D eigenvalue weighted by molar-refractivity contribution is 7.89. The summed E-state index contributed by atoms with van der Waals surface area (Å²) < 4.78 is 26.7. The van der Waals surface area contributed by atoms with Crippen molar-refractivity contribution in [3.63, 3.8) is 0 Å². The van der Waals surface area contributed by atoms with E-state index in [9.17, 15) is 13.2 Å². The highest BCUT2D eigenvalue weighted by atomic mass is 32.2. The highest BCUT2D eigenvalue weighted by Crippen LogP contribution is 2.29. The van der Waals surface area contributed by atoms with E-state index < -0.39 is 15.9 Å². The maximum atomic E-state index is 12.7. The third-order valence-corrected chi connectivity index (χ3v) is 6.47. The SMILES string of the molecule is NC(=O)CN(C1CCNCC1)S(=O)(=O)C1CCCC1. The molecule has 7 heteroatoms. The Kier molecular flexibility index (Phi) is 4.81. The van der Waals surface area contributed by atoms with Gasteiger partial charge in [-0.15, -0.1) is 0 Å². The molecule has 3 N–H and O–H groups in total. The quantitative estimate of drug-likeness (QED) is 0.733. The summed E-state index contributed by atoms with van der Waals surface area (Å²) in [6, 6.07) is -0.0839. The van der Waals surface area contributed by atoms with E-state index >= 15 is 0 Å². The molecule has 0 spiro atoms. The molecule has 1 aliphatic heterocycles. The summed E-state index contributed by atoms with van der Waals surface area (Å²) in [7, 11) is -3.39. The summed E-state index contributed by atoms with van der Waals surface area (Å²) in [6.07, 6.45) is 4.84. The van der Waals surface area contributed by atoms with Crippen LogP contribution < -0.4 is 11.1 Å². The van der Waals surface area contributed by atoms with Gasteiger partial charge in [0.05, 0.1) is 11.8 Å². The number of carbonyl (C=O) groups is 1. The van der Waals surface area contributed by atoms with Gasteiger partial charge in [0.25, 0.3) is 0 Å². The van der Waals surface area contributed by atoms with Crippen molar-refractivity contribution in [1.29, 1.82) is 0 Å². The summed E-state index contributed by atoms with van der Waals surface area (Å²) >= 11 is 0. The lowest BCUT2D eigenvalue weighted by atomic mass is 10.1. The zero-order chi connectivity index (χ0) is 13.9. The van der Waals surface area contributed by atoms with Gasteiger partial charge in [-0.2, -0.15) is 4.31 Å². The standard InChI is InChI=1S/C12H23N3O3S/c13-12(16)9-15(10-5-7-14-8-6-10)19(17,18)11-3-1-2-4-11/h10-11,14H,1-9H2,(H2,13,16). The number of primary amides is 1. The first kappa shape index (κ1) is 14.7. The molecule has 2 aliphatic rings. The average Bonchev–Trinajstić information content (AvgIpc) is 2.91. The minimum absolute atomic E-state index is 0.0839. The molecule has 0 unspecified atom stereocenters.